The maximum Gasteiger partial charge on any atom is 0.268 e. The number of carbonyl (C=O) groups is 1. The van der Waals surface area contributed by atoms with Crippen molar-refractivity contribution in [1.82, 2.24) is 4.90 Å². The van der Waals surface area contributed by atoms with Gasteiger partial charge in [-0.05, 0) is 37.8 Å². The third-order valence-corrected chi connectivity index (χ3v) is 4.98. The first-order valence-corrected chi connectivity index (χ1v) is 9.16. The summed E-state index contributed by atoms with van der Waals surface area (Å²) in [6, 6.07) is 12.3. The molecule has 2 aromatic carbocycles. The van der Waals surface area contributed by atoms with Gasteiger partial charge in [-0.25, -0.2) is 8.78 Å². The smallest absolute Gasteiger partial charge is 0.268 e. The van der Waals surface area contributed by atoms with Gasteiger partial charge in [-0.2, -0.15) is 0 Å². The van der Waals surface area contributed by atoms with Crippen LogP contribution in [0, 0.1) is 17.6 Å². The van der Waals surface area contributed by atoms with Crippen LogP contribution >= 0.6 is 12.4 Å². The lowest BCUT2D eigenvalue weighted by Crippen LogP contribution is -2.47. The molecule has 4 nitrogen and oxygen atoms in total. The lowest BCUT2D eigenvalue weighted by atomic mass is 9.91. The van der Waals surface area contributed by atoms with E-state index in [1.165, 1.54) is 6.07 Å². The fourth-order valence-corrected chi connectivity index (χ4v) is 3.38. The van der Waals surface area contributed by atoms with Crippen LogP contribution in [-0.2, 0) is 4.79 Å². The molecule has 1 saturated heterocycles. The second kappa shape index (κ2) is 9.85. The Morgan fingerprint density at radius 1 is 1.18 bits per heavy atom. The Balaban J connectivity index is 0.00000280. The summed E-state index contributed by atoms with van der Waals surface area (Å²) in [4.78, 5) is 15.0. The van der Waals surface area contributed by atoms with E-state index in [4.69, 9.17) is 10.5 Å². The Labute approximate surface area is 170 Å². The maximum atomic E-state index is 13.6. The molecule has 3 atom stereocenters. The van der Waals surface area contributed by atoms with Crippen molar-refractivity contribution in [1.29, 1.82) is 0 Å². The number of nitrogens with two attached hydrogens (primary N) is 1. The van der Waals surface area contributed by atoms with Crippen molar-refractivity contribution in [3.8, 4) is 5.75 Å². The standard InChI is InChI=1S/C21H24F2N2O2.ClH/c1-14(24)16-8-5-11-25(13-16)21(26)20(15-6-3-2-4-7-15)27-17-9-10-18(22)19(23)12-17;/h2-4,6-7,9-10,12,14,16,20H,5,8,11,13,24H2,1H3;1H. The summed E-state index contributed by atoms with van der Waals surface area (Å²) in [5.74, 6) is -1.82. The summed E-state index contributed by atoms with van der Waals surface area (Å²) in [5.41, 5.74) is 6.69. The van der Waals surface area contributed by atoms with E-state index in [2.05, 4.69) is 0 Å². The van der Waals surface area contributed by atoms with E-state index in [0.717, 1.165) is 25.0 Å². The third kappa shape index (κ3) is 5.20. The van der Waals surface area contributed by atoms with Crippen LogP contribution in [0.5, 0.6) is 5.75 Å². The first-order chi connectivity index (χ1) is 13.0. The number of nitrogens with zero attached hydrogens (tertiary/aromatic N) is 1. The lowest BCUT2D eigenvalue weighted by molar-refractivity contribution is -0.141. The zero-order chi connectivity index (χ0) is 19.4. The monoisotopic (exact) mass is 410 g/mol. The summed E-state index contributed by atoms with van der Waals surface area (Å²) in [7, 11) is 0. The molecule has 2 aromatic rings. The van der Waals surface area contributed by atoms with Gasteiger partial charge in [0.15, 0.2) is 11.6 Å². The van der Waals surface area contributed by atoms with Crippen LogP contribution in [0.1, 0.15) is 31.4 Å². The second-order valence-corrected chi connectivity index (χ2v) is 7.03. The van der Waals surface area contributed by atoms with Crippen LogP contribution in [-0.4, -0.2) is 29.9 Å². The van der Waals surface area contributed by atoms with E-state index in [1.54, 1.807) is 17.0 Å². The molecule has 1 aliphatic rings. The first kappa shape index (κ1) is 22.1. The normalized spacial score (nSPS) is 18.7. The molecule has 0 bridgehead atoms. The van der Waals surface area contributed by atoms with Crippen molar-refractivity contribution in [2.24, 2.45) is 11.7 Å². The second-order valence-electron chi connectivity index (χ2n) is 7.03. The summed E-state index contributed by atoms with van der Waals surface area (Å²) in [5, 5.41) is 0. The number of rotatable bonds is 5. The van der Waals surface area contributed by atoms with Crippen molar-refractivity contribution in [3.63, 3.8) is 0 Å². The summed E-state index contributed by atoms with van der Waals surface area (Å²) >= 11 is 0. The third-order valence-electron chi connectivity index (χ3n) is 4.98. The quantitative estimate of drug-likeness (QED) is 0.807. The van der Waals surface area contributed by atoms with E-state index in [0.29, 0.717) is 18.7 Å². The topological polar surface area (TPSA) is 55.6 Å². The van der Waals surface area contributed by atoms with E-state index in [1.807, 2.05) is 25.1 Å². The molecule has 28 heavy (non-hydrogen) atoms. The first-order valence-electron chi connectivity index (χ1n) is 9.16. The molecule has 0 saturated carbocycles. The minimum absolute atomic E-state index is 0. The molecule has 0 spiro atoms. The van der Waals surface area contributed by atoms with Crippen LogP contribution in [0.4, 0.5) is 8.78 Å². The van der Waals surface area contributed by atoms with Gasteiger partial charge in [-0.15, -0.1) is 12.4 Å². The highest BCUT2D eigenvalue weighted by Crippen LogP contribution is 2.28. The van der Waals surface area contributed by atoms with Crippen molar-refractivity contribution >= 4 is 18.3 Å². The predicted molar refractivity (Wildman–Crippen MR) is 106 cm³/mol. The molecular weight excluding hydrogens is 386 g/mol. The van der Waals surface area contributed by atoms with Gasteiger partial charge in [0.25, 0.3) is 5.91 Å². The highest BCUT2D eigenvalue weighted by molar-refractivity contribution is 5.85. The molecule has 0 aromatic heterocycles. The Bertz CT molecular complexity index is 789. The molecule has 1 amide bonds. The lowest BCUT2D eigenvalue weighted by Gasteiger charge is -2.36. The van der Waals surface area contributed by atoms with Gasteiger partial charge in [0, 0.05) is 30.8 Å². The van der Waals surface area contributed by atoms with Crippen molar-refractivity contribution in [2.45, 2.75) is 31.9 Å². The van der Waals surface area contributed by atoms with Crippen molar-refractivity contribution < 1.29 is 18.3 Å². The average molecular weight is 411 g/mol. The van der Waals surface area contributed by atoms with Crippen LogP contribution in [0.15, 0.2) is 48.5 Å². The van der Waals surface area contributed by atoms with E-state index in [-0.39, 0.29) is 36.0 Å². The van der Waals surface area contributed by atoms with Gasteiger partial charge in [-0.1, -0.05) is 30.3 Å². The molecule has 2 N–H and O–H groups in total. The minimum Gasteiger partial charge on any atom is -0.476 e. The number of amides is 1. The Morgan fingerprint density at radius 3 is 2.54 bits per heavy atom. The average Bonchev–Trinajstić information content (AvgIpc) is 2.69. The summed E-state index contributed by atoms with van der Waals surface area (Å²) in [6.45, 7) is 3.15. The molecular formula is C21H25ClF2N2O2. The summed E-state index contributed by atoms with van der Waals surface area (Å²) in [6.07, 6.45) is 0.939. The van der Waals surface area contributed by atoms with Crippen molar-refractivity contribution in [3.05, 3.63) is 65.7 Å². The number of ether oxygens (including phenoxy) is 1. The van der Waals surface area contributed by atoms with Crippen LogP contribution < -0.4 is 10.5 Å². The highest BCUT2D eigenvalue weighted by atomic mass is 35.5. The van der Waals surface area contributed by atoms with Crippen molar-refractivity contribution in [2.75, 3.05) is 13.1 Å². The van der Waals surface area contributed by atoms with E-state index in [9.17, 15) is 13.6 Å². The zero-order valence-corrected chi connectivity index (χ0v) is 16.5. The Hall–Kier alpha value is -2.18. The number of piperidine rings is 1. The van der Waals surface area contributed by atoms with Crippen LogP contribution in [0.3, 0.4) is 0 Å². The van der Waals surface area contributed by atoms with Gasteiger partial charge >= 0.3 is 0 Å². The Kier molecular flexibility index (Phi) is 7.78. The van der Waals surface area contributed by atoms with E-state index < -0.39 is 17.7 Å². The molecule has 1 heterocycles. The molecule has 3 unspecified atom stereocenters. The minimum atomic E-state index is -1.01. The fourth-order valence-electron chi connectivity index (χ4n) is 3.38. The number of likely N-dealkylation sites (tertiary alicyclic amines) is 1. The zero-order valence-electron chi connectivity index (χ0n) is 15.7. The summed E-state index contributed by atoms with van der Waals surface area (Å²) < 4.78 is 32.6. The number of benzene rings is 2. The number of hydrogen-bond acceptors (Lipinski definition) is 3. The number of carbonyl (C=O) groups excluding carboxylic acids is 1. The van der Waals surface area contributed by atoms with Gasteiger partial charge < -0.3 is 15.4 Å². The van der Waals surface area contributed by atoms with Crippen LogP contribution in [0.25, 0.3) is 0 Å². The predicted octanol–water partition coefficient (Wildman–Crippen LogP) is 4.09. The highest BCUT2D eigenvalue weighted by Gasteiger charge is 2.32. The largest absolute Gasteiger partial charge is 0.476 e. The maximum absolute atomic E-state index is 13.6. The van der Waals surface area contributed by atoms with Gasteiger partial charge in [0.2, 0.25) is 6.10 Å². The van der Waals surface area contributed by atoms with Crippen LogP contribution in [0.2, 0.25) is 0 Å². The Morgan fingerprint density at radius 2 is 1.89 bits per heavy atom. The number of halogens is 3. The fraction of sp³-hybridized carbons (Fsp3) is 0.381. The SMILES string of the molecule is CC(N)C1CCCN(C(=O)C(Oc2ccc(F)c(F)c2)c2ccccc2)C1.Cl. The molecule has 0 aliphatic carbocycles. The molecule has 0 radical (unpaired) electrons. The number of hydrogen-bond donors (Lipinski definition) is 1. The molecule has 7 heteroatoms. The van der Waals surface area contributed by atoms with Gasteiger partial charge in [-0.3, -0.25) is 4.79 Å². The molecule has 1 aliphatic heterocycles. The van der Waals surface area contributed by atoms with Gasteiger partial charge in [0.1, 0.15) is 5.75 Å². The van der Waals surface area contributed by atoms with Gasteiger partial charge in [0.05, 0.1) is 0 Å². The van der Waals surface area contributed by atoms with E-state index >= 15 is 0 Å². The molecule has 3 rings (SSSR count). The molecule has 1 fully saturated rings. The molecule has 152 valence electrons.